The van der Waals surface area contributed by atoms with Gasteiger partial charge in [-0.25, -0.2) is 0 Å². The van der Waals surface area contributed by atoms with Gasteiger partial charge in [0.2, 0.25) is 0 Å². The largest absolute Gasteiger partial charge is 0.356 e. The summed E-state index contributed by atoms with van der Waals surface area (Å²) >= 11 is 0. The van der Waals surface area contributed by atoms with E-state index >= 15 is 0 Å². The van der Waals surface area contributed by atoms with Crippen LogP contribution in [0.25, 0.3) is 11.1 Å². The van der Waals surface area contributed by atoms with E-state index in [2.05, 4.69) is 12.1 Å². The zero-order chi connectivity index (χ0) is 14.9. The second-order valence-electron chi connectivity index (χ2n) is 4.67. The number of rotatable bonds is 8. The van der Waals surface area contributed by atoms with Gasteiger partial charge in [0.05, 0.1) is 6.61 Å². The highest BCUT2D eigenvalue weighted by molar-refractivity contribution is 5.87. The molecule has 0 aromatic heterocycles. The van der Waals surface area contributed by atoms with Crippen molar-refractivity contribution in [2.24, 2.45) is 0 Å². The van der Waals surface area contributed by atoms with Crippen molar-refractivity contribution in [2.45, 2.75) is 13.3 Å². The zero-order valence-electron chi connectivity index (χ0n) is 12.2. The first-order valence-corrected chi connectivity index (χ1v) is 7.14. The molecule has 0 atom stereocenters. The van der Waals surface area contributed by atoms with Crippen molar-refractivity contribution in [1.29, 1.82) is 0 Å². The molecule has 0 unspecified atom stereocenters. The Morgan fingerprint density at radius 2 is 1.76 bits per heavy atom. The minimum Gasteiger partial charge on any atom is -0.356 e. The van der Waals surface area contributed by atoms with Crippen LogP contribution < -0.4 is 0 Å². The molecule has 3 heteroatoms. The summed E-state index contributed by atoms with van der Waals surface area (Å²) in [4.78, 5) is 11.1. The lowest BCUT2D eigenvalue weighted by atomic mass is 9.99. The van der Waals surface area contributed by atoms with Crippen LogP contribution in [0.4, 0.5) is 0 Å². The molecule has 2 aromatic rings. The topological polar surface area (TPSA) is 35.5 Å². The maximum absolute atomic E-state index is 11.1. The van der Waals surface area contributed by atoms with Crippen LogP contribution in [0.2, 0.25) is 0 Å². The van der Waals surface area contributed by atoms with Crippen LogP contribution in [0.1, 0.15) is 22.8 Å². The van der Waals surface area contributed by atoms with Crippen molar-refractivity contribution >= 4 is 6.29 Å². The third-order valence-corrected chi connectivity index (χ3v) is 3.26. The predicted octanol–water partition coefficient (Wildman–Crippen LogP) is 3.72. The van der Waals surface area contributed by atoms with Crippen LogP contribution in [0, 0.1) is 0 Å². The normalized spacial score (nSPS) is 10.5. The van der Waals surface area contributed by atoms with Gasteiger partial charge in [0.25, 0.3) is 0 Å². The van der Waals surface area contributed by atoms with Gasteiger partial charge in [0, 0.05) is 12.2 Å². The van der Waals surface area contributed by atoms with Crippen molar-refractivity contribution in [3.8, 4) is 11.1 Å². The maximum Gasteiger partial charge on any atom is 0.150 e. The Labute approximate surface area is 125 Å². The van der Waals surface area contributed by atoms with Crippen LogP contribution in [0.3, 0.4) is 0 Å². The highest BCUT2D eigenvalue weighted by Gasteiger charge is 2.03. The lowest BCUT2D eigenvalue weighted by Gasteiger charge is -2.07. The molecule has 0 aliphatic heterocycles. The van der Waals surface area contributed by atoms with E-state index < -0.39 is 0 Å². The highest BCUT2D eigenvalue weighted by atomic mass is 16.7. The Hall–Kier alpha value is -1.97. The van der Waals surface area contributed by atoms with E-state index in [1.165, 1.54) is 5.56 Å². The number of carbonyl (C=O) groups is 1. The minimum absolute atomic E-state index is 0.349. The van der Waals surface area contributed by atoms with Crippen LogP contribution in [0.15, 0.2) is 48.5 Å². The van der Waals surface area contributed by atoms with Crippen molar-refractivity contribution in [2.75, 3.05) is 20.0 Å². The van der Waals surface area contributed by atoms with E-state index in [4.69, 9.17) is 9.47 Å². The van der Waals surface area contributed by atoms with E-state index in [-0.39, 0.29) is 0 Å². The van der Waals surface area contributed by atoms with Gasteiger partial charge in [-0.1, -0.05) is 48.5 Å². The third kappa shape index (κ3) is 4.52. The number of aldehydes is 1. The van der Waals surface area contributed by atoms with Crippen LogP contribution in [-0.2, 0) is 15.9 Å². The smallest absolute Gasteiger partial charge is 0.150 e. The average molecular weight is 284 g/mol. The molecule has 21 heavy (non-hydrogen) atoms. The molecule has 0 saturated carbocycles. The summed E-state index contributed by atoms with van der Waals surface area (Å²) in [6.45, 7) is 3.61. The molecular weight excluding hydrogens is 264 g/mol. The molecule has 0 spiro atoms. The molecule has 2 aromatic carbocycles. The first-order chi connectivity index (χ1) is 10.3. The standard InChI is InChI=1S/C18H20O3/c1-2-20-14-21-12-11-15-7-9-16(10-8-15)18-6-4-3-5-17(18)13-19/h3-10,13H,2,11-12,14H2,1H3. The summed E-state index contributed by atoms with van der Waals surface area (Å²) < 4.78 is 10.5. The first kappa shape index (κ1) is 15.4. The summed E-state index contributed by atoms with van der Waals surface area (Å²) in [7, 11) is 0. The van der Waals surface area contributed by atoms with Crippen molar-refractivity contribution in [3.63, 3.8) is 0 Å². The molecule has 0 heterocycles. The quantitative estimate of drug-likeness (QED) is 0.421. The SMILES string of the molecule is CCOCOCCc1ccc(-c2ccccc2C=O)cc1. The molecule has 0 amide bonds. The Kier molecular flexibility index (Phi) is 6.13. The summed E-state index contributed by atoms with van der Waals surface area (Å²) in [5.41, 5.74) is 3.94. The van der Waals surface area contributed by atoms with E-state index in [1.807, 2.05) is 43.3 Å². The second-order valence-corrected chi connectivity index (χ2v) is 4.67. The molecule has 0 saturated heterocycles. The van der Waals surface area contributed by atoms with Crippen molar-refractivity contribution in [1.82, 2.24) is 0 Å². The molecule has 110 valence electrons. The average Bonchev–Trinajstić information content (AvgIpc) is 2.55. The molecule has 0 radical (unpaired) electrons. The molecule has 0 fully saturated rings. The molecule has 0 N–H and O–H groups in total. The molecule has 3 nitrogen and oxygen atoms in total. The van der Waals surface area contributed by atoms with E-state index in [0.717, 1.165) is 23.8 Å². The summed E-state index contributed by atoms with van der Waals surface area (Å²) in [5, 5.41) is 0. The van der Waals surface area contributed by atoms with Gasteiger partial charge >= 0.3 is 0 Å². The second kappa shape index (κ2) is 8.35. The van der Waals surface area contributed by atoms with Crippen molar-refractivity contribution < 1.29 is 14.3 Å². The fourth-order valence-corrected chi connectivity index (χ4v) is 2.10. The lowest BCUT2D eigenvalue weighted by Crippen LogP contribution is -2.03. The summed E-state index contributed by atoms with van der Waals surface area (Å²) in [6.07, 6.45) is 1.74. The van der Waals surface area contributed by atoms with E-state index in [9.17, 15) is 4.79 Å². The zero-order valence-corrected chi connectivity index (χ0v) is 12.2. The molecule has 0 aliphatic carbocycles. The number of hydrogen-bond acceptors (Lipinski definition) is 3. The van der Waals surface area contributed by atoms with Gasteiger partial charge in [-0.3, -0.25) is 4.79 Å². The Morgan fingerprint density at radius 1 is 1.00 bits per heavy atom. The van der Waals surface area contributed by atoms with Crippen LogP contribution in [0.5, 0.6) is 0 Å². The minimum atomic E-state index is 0.349. The summed E-state index contributed by atoms with van der Waals surface area (Å²) in [5.74, 6) is 0. The van der Waals surface area contributed by atoms with Crippen LogP contribution >= 0.6 is 0 Å². The fourth-order valence-electron chi connectivity index (χ4n) is 2.10. The van der Waals surface area contributed by atoms with Gasteiger partial charge in [-0.15, -0.1) is 0 Å². The van der Waals surface area contributed by atoms with Gasteiger partial charge in [0.15, 0.2) is 6.29 Å². The summed E-state index contributed by atoms with van der Waals surface area (Å²) in [6, 6.07) is 15.8. The van der Waals surface area contributed by atoms with E-state index in [0.29, 0.717) is 25.6 Å². The van der Waals surface area contributed by atoms with Gasteiger partial charge in [-0.05, 0) is 30.0 Å². The first-order valence-electron chi connectivity index (χ1n) is 7.14. The van der Waals surface area contributed by atoms with Gasteiger partial charge < -0.3 is 9.47 Å². The lowest BCUT2D eigenvalue weighted by molar-refractivity contribution is -0.0481. The highest BCUT2D eigenvalue weighted by Crippen LogP contribution is 2.23. The van der Waals surface area contributed by atoms with Crippen LogP contribution in [-0.4, -0.2) is 26.3 Å². The molecular formula is C18H20O3. The molecule has 2 rings (SSSR count). The predicted molar refractivity (Wildman–Crippen MR) is 83.4 cm³/mol. The van der Waals surface area contributed by atoms with Crippen molar-refractivity contribution in [3.05, 3.63) is 59.7 Å². The number of benzene rings is 2. The van der Waals surface area contributed by atoms with Gasteiger partial charge in [0.1, 0.15) is 6.79 Å². The number of ether oxygens (including phenoxy) is 2. The number of carbonyl (C=O) groups excluding carboxylic acids is 1. The fraction of sp³-hybridized carbons (Fsp3) is 0.278. The Morgan fingerprint density at radius 3 is 2.48 bits per heavy atom. The monoisotopic (exact) mass is 284 g/mol. The molecule has 0 aliphatic rings. The Balaban J connectivity index is 1.97. The number of hydrogen-bond donors (Lipinski definition) is 0. The third-order valence-electron chi connectivity index (χ3n) is 3.26. The molecule has 0 bridgehead atoms. The maximum atomic E-state index is 11.1. The van der Waals surface area contributed by atoms with Gasteiger partial charge in [-0.2, -0.15) is 0 Å². The Bertz CT molecular complexity index is 561. The van der Waals surface area contributed by atoms with E-state index in [1.54, 1.807) is 0 Å².